The summed E-state index contributed by atoms with van der Waals surface area (Å²) in [5.41, 5.74) is 3.13. The van der Waals surface area contributed by atoms with E-state index >= 15 is 0 Å². The summed E-state index contributed by atoms with van der Waals surface area (Å²) in [5, 5.41) is 7.12. The van der Waals surface area contributed by atoms with Gasteiger partial charge in [0.05, 0.1) is 18.2 Å². The lowest BCUT2D eigenvalue weighted by Gasteiger charge is -2.36. The van der Waals surface area contributed by atoms with E-state index in [1.165, 1.54) is 5.56 Å². The quantitative estimate of drug-likeness (QED) is 0.940. The fraction of sp³-hybridized carbons (Fsp3) is 0.389. The largest absolute Gasteiger partial charge is 0.335 e. The second kappa shape index (κ2) is 6.47. The Kier molecular flexibility index (Phi) is 4.38. The van der Waals surface area contributed by atoms with Crippen molar-refractivity contribution in [2.75, 3.05) is 11.9 Å². The number of fused-ring (bicyclic) bond motifs is 1. The molecule has 1 aromatic heterocycles. The van der Waals surface area contributed by atoms with Crippen LogP contribution in [0.15, 0.2) is 30.3 Å². The Hall–Kier alpha value is -2.63. The maximum atomic E-state index is 12.5. The number of hydrogen-bond donors (Lipinski definition) is 1. The zero-order chi connectivity index (χ0) is 17.3. The number of nitrogens with zero attached hydrogens (tertiary/aromatic N) is 3. The second-order valence-corrected chi connectivity index (χ2v) is 6.22. The number of aryl methyl sites for hydroxylation is 2. The molecular formula is C18H22N4O2. The van der Waals surface area contributed by atoms with Gasteiger partial charge in [-0.15, -0.1) is 0 Å². The second-order valence-electron chi connectivity index (χ2n) is 6.22. The minimum Gasteiger partial charge on any atom is -0.335 e. The summed E-state index contributed by atoms with van der Waals surface area (Å²) < 4.78 is 1.64. The molecule has 0 aliphatic carbocycles. The van der Waals surface area contributed by atoms with E-state index in [9.17, 15) is 9.59 Å². The average molecular weight is 326 g/mol. The van der Waals surface area contributed by atoms with E-state index in [0.29, 0.717) is 12.4 Å². The van der Waals surface area contributed by atoms with Gasteiger partial charge in [0, 0.05) is 26.6 Å². The number of hydrogen-bond acceptors (Lipinski definition) is 3. The maximum absolute atomic E-state index is 12.5. The minimum absolute atomic E-state index is 0.00122. The van der Waals surface area contributed by atoms with Crippen LogP contribution < -0.4 is 5.32 Å². The predicted molar refractivity (Wildman–Crippen MR) is 91.5 cm³/mol. The van der Waals surface area contributed by atoms with Gasteiger partial charge in [0.15, 0.2) is 0 Å². The first-order chi connectivity index (χ1) is 11.5. The van der Waals surface area contributed by atoms with Crippen LogP contribution in [0.5, 0.6) is 0 Å². The first kappa shape index (κ1) is 16.2. The van der Waals surface area contributed by atoms with Gasteiger partial charge in [-0.3, -0.25) is 14.3 Å². The van der Waals surface area contributed by atoms with E-state index in [1.54, 1.807) is 23.6 Å². The molecule has 1 atom stereocenters. The van der Waals surface area contributed by atoms with E-state index < -0.39 is 0 Å². The number of nitrogens with one attached hydrogen (secondary N) is 1. The van der Waals surface area contributed by atoms with Crippen molar-refractivity contribution in [1.82, 2.24) is 14.7 Å². The van der Waals surface area contributed by atoms with Crippen molar-refractivity contribution in [3.05, 3.63) is 47.2 Å². The Morgan fingerprint density at radius 2 is 2.08 bits per heavy atom. The first-order valence-corrected chi connectivity index (χ1v) is 8.11. The van der Waals surface area contributed by atoms with Crippen LogP contribution in [0.2, 0.25) is 0 Å². The Morgan fingerprint density at radius 1 is 1.33 bits per heavy atom. The van der Waals surface area contributed by atoms with Gasteiger partial charge in [-0.05, 0) is 24.5 Å². The van der Waals surface area contributed by atoms with Crippen molar-refractivity contribution in [1.29, 1.82) is 0 Å². The number of benzene rings is 1. The third-order valence-corrected chi connectivity index (χ3v) is 4.47. The molecule has 2 heterocycles. The lowest BCUT2D eigenvalue weighted by Crippen LogP contribution is -2.40. The van der Waals surface area contributed by atoms with Gasteiger partial charge in [-0.2, -0.15) is 5.10 Å². The highest BCUT2D eigenvalue weighted by molar-refractivity contribution is 5.91. The lowest BCUT2D eigenvalue weighted by molar-refractivity contribution is -0.132. The maximum Gasteiger partial charge on any atom is 0.227 e. The summed E-state index contributed by atoms with van der Waals surface area (Å²) in [7, 11) is 1.79. The van der Waals surface area contributed by atoms with Crippen LogP contribution in [0.4, 0.5) is 5.82 Å². The molecule has 0 saturated carbocycles. The van der Waals surface area contributed by atoms with Crippen molar-refractivity contribution in [2.45, 2.75) is 32.7 Å². The molecule has 0 fully saturated rings. The fourth-order valence-electron chi connectivity index (χ4n) is 3.35. The van der Waals surface area contributed by atoms with Crippen LogP contribution >= 0.6 is 0 Å². The van der Waals surface area contributed by atoms with Crippen molar-refractivity contribution in [3.8, 4) is 0 Å². The summed E-state index contributed by atoms with van der Waals surface area (Å²) in [4.78, 5) is 26.3. The molecule has 6 nitrogen and oxygen atoms in total. The monoisotopic (exact) mass is 326 g/mol. The molecule has 1 N–H and O–H groups in total. The van der Waals surface area contributed by atoms with Crippen LogP contribution in [0.1, 0.15) is 36.2 Å². The number of carbonyl (C=O) groups is 2. The van der Waals surface area contributed by atoms with Crippen molar-refractivity contribution < 1.29 is 9.59 Å². The minimum atomic E-state index is -0.221. The van der Waals surface area contributed by atoms with E-state index in [4.69, 9.17) is 0 Å². The zero-order valence-corrected chi connectivity index (χ0v) is 14.2. The highest BCUT2D eigenvalue weighted by Crippen LogP contribution is 2.32. The molecule has 1 aromatic carbocycles. The molecule has 0 bridgehead atoms. The summed E-state index contributed by atoms with van der Waals surface area (Å²) in [6.07, 6.45) is 1.07. The molecule has 0 saturated heterocycles. The van der Waals surface area contributed by atoms with Crippen LogP contribution in [0, 0.1) is 6.92 Å². The van der Waals surface area contributed by atoms with Gasteiger partial charge in [0.25, 0.3) is 0 Å². The molecule has 2 amide bonds. The Labute approximate surface area is 141 Å². The molecule has 1 aliphatic rings. The van der Waals surface area contributed by atoms with Crippen LogP contribution in [0.25, 0.3) is 0 Å². The molecule has 2 aromatic rings. The molecule has 6 heteroatoms. The normalized spacial score (nSPS) is 16.6. The van der Waals surface area contributed by atoms with Gasteiger partial charge in [-0.25, -0.2) is 0 Å². The highest BCUT2D eigenvalue weighted by atomic mass is 16.2. The Balaban J connectivity index is 1.81. The van der Waals surface area contributed by atoms with E-state index in [2.05, 4.69) is 16.5 Å². The molecule has 3 rings (SSSR count). The fourth-order valence-corrected chi connectivity index (χ4v) is 3.35. The highest BCUT2D eigenvalue weighted by Gasteiger charge is 2.30. The van der Waals surface area contributed by atoms with E-state index in [1.807, 2.05) is 31.2 Å². The average Bonchev–Trinajstić information content (AvgIpc) is 2.84. The standard InChI is InChI=1S/C18H22N4O2/c1-12-10-17(21(3)20-12)19-18(24)11-16-15-7-5-4-6-14(15)8-9-22(16)13(2)23/h4-7,10,16H,8-9,11H2,1-3H3,(H,19,24)/t16-/m0/s1. The molecule has 0 radical (unpaired) electrons. The van der Waals surface area contributed by atoms with Crippen molar-refractivity contribution in [3.63, 3.8) is 0 Å². The summed E-state index contributed by atoms with van der Waals surface area (Å²) in [6.45, 7) is 4.09. The number of carbonyl (C=O) groups excluding carboxylic acids is 2. The molecule has 126 valence electrons. The van der Waals surface area contributed by atoms with Crippen LogP contribution in [-0.2, 0) is 23.1 Å². The van der Waals surface area contributed by atoms with Crippen LogP contribution in [-0.4, -0.2) is 33.0 Å². The molecular weight excluding hydrogens is 304 g/mol. The summed E-state index contributed by atoms with van der Waals surface area (Å²) in [5.74, 6) is 0.542. The number of rotatable bonds is 3. The topological polar surface area (TPSA) is 67.2 Å². The molecule has 0 unspecified atom stereocenters. The van der Waals surface area contributed by atoms with Crippen molar-refractivity contribution >= 4 is 17.6 Å². The third-order valence-electron chi connectivity index (χ3n) is 4.47. The molecule has 1 aliphatic heterocycles. The van der Waals surface area contributed by atoms with Gasteiger partial charge in [-0.1, -0.05) is 24.3 Å². The van der Waals surface area contributed by atoms with Gasteiger partial charge < -0.3 is 10.2 Å². The van der Waals surface area contributed by atoms with Gasteiger partial charge in [0.1, 0.15) is 5.82 Å². The third kappa shape index (κ3) is 3.18. The number of anilines is 1. The Morgan fingerprint density at radius 3 is 2.75 bits per heavy atom. The number of amides is 2. The van der Waals surface area contributed by atoms with Gasteiger partial charge in [0.2, 0.25) is 11.8 Å². The molecule has 24 heavy (non-hydrogen) atoms. The van der Waals surface area contributed by atoms with E-state index in [0.717, 1.165) is 17.7 Å². The summed E-state index contributed by atoms with van der Waals surface area (Å²) in [6, 6.07) is 9.64. The van der Waals surface area contributed by atoms with Crippen LogP contribution in [0.3, 0.4) is 0 Å². The number of aromatic nitrogens is 2. The first-order valence-electron chi connectivity index (χ1n) is 8.11. The van der Waals surface area contributed by atoms with Gasteiger partial charge >= 0.3 is 0 Å². The smallest absolute Gasteiger partial charge is 0.227 e. The molecule has 0 spiro atoms. The Bertz CT molecular complexity index is 781. The van der Waals surface area contributed by atoms with Crippen molar-refractivity contribution in [2.24, 2.45) is 7.05 Å². The van der Waals surface area contributed by atoms with E-state index in [-0.39, 0.29) is 24.3 Å². The zero-order valence-electron chi connectivity index (χ0n) is 14.2. The predicted octanol–water partition coefficient (Wildman–Crippen LogP) is 2.20. The SMILES string of the molecule is CC(=O)N1CCc2ccccc2[C@@H]1CC(=O)Nc1cc(C)nn1C. The lowest BCUT2D eigenvalue weighted by atomic mass is 9.90. The summed E-state index contributed by atoms with van der Waals surface area (Å²) >= 11 is 0.